The average molecular weight is 264 g/mol. The van der Waals surface area contributed by atoms with E-state index < -0.39 is 0 Å². The van der Waals surface area contributed by atoms with Crippen LogP contribution in [-0.2, 0) is 0 Å². The van der Waals surface area contributed by atoms with Gasteiger partial charge in [0, 0.05) is 36.2 Å². The van der Waals surface area contributed by atoms with E-state index in [1.165, 1.54) is 50.9 Å². The van der Waals surface area contributed by atoms with E-state index in [1.54, 1.807) is 11.3 Å². The molecule has 2 atom stereocenters. The number of hydrogen-bond donors (Lipinski definition) is 1. The minimum atomic E-state index is 0.691. The first-order valence-corrected chi connectivity index (χ1v) is 8.29. The van der Waals surface area contributed by atoms with Crippen molar-refractivity contribution in [3.63, 3.8) is 0 Å². The first-order chi connectivity index (χ1) is 8.81. The Kier molecular flexibility index (Phi) is 3.90. The van der Waals surface area contributed by atoms with Crippen molar-refractivity contribution in [1.82, 2.24) is 5.32 Å². The molecule has 1 saturated carbocycles. The van der Waals surface area contributed by atoms with Crippen LogP contribution in [0.5, 0.6) is 0 Å². The summed E-state index contributed by atoms with van der Waals surface area (Å²) in [5.41, 5.74) is 1.42. The molecular weight excluding hydrogens is 240 g/mol. The fourth-order valence-corrected chi connectivity index (χ4v) is 4.21. The van der Waals surface area contributed by atoms with Crippen molar-refractivity contribution in [3.05, 3.63) is 16.8 Å². The van der Waals surface area contributed by atoms with E-state index >= 15 is 0 Å². The Balaban J connectivity index is 1.61. The highest BCUT2D eigenvalue weighted by molar-refractivity contribution is 7.08. The van der Waals surface area contributed by atoms with Crippen LogP contribution in [0.3, 0.4) is 0 Å². The highest BCUT2D eigenvalue weighted by Gasteiger charge is 2.27. The summed E-state index contributed by atoms with van der Waals surface area (Å²) < 4.78 is 0. The molecule has 2 fully saturated rings. The lowest BCUT2D eigenvalue weighted by Gasteiger charge is -2.39. The molecule has 2 unspecified atom stereocenters. The third-order valence-corrected chi connectivity index (χ3v) is 5.03. The molecule has 1 aromatic heterocycles. The number of nitrogens with one attached hydrogen (secondary N) is 1. The van der Waals surface area contributed by atoms with Crippen LogP contribution >= 0.6 is 11.3 Å². The van der Waals surface area contributed by atoms with E-state index in [2.05, 4.69) is 34.0 Å². The Hall–Kier alpha value is -0.540. The van der Waals surface area contributed by atoms with Gasteiger partial charge in [0.25, 0.3) is 0 Å². The summed E-state index contributed by atoms with van der Waals surface area (Å²) in [5.74, 6) is 0.803. The van der Waals surface area contributed by atoms with Crippen LogP contribution in [0, 0.1) is 5.92 Å². The van der Waals surface area contributed by atoms with Crippen molar-refractivity contribution in [2.75, 3.05) is 18.0 Å². The zero-order valence-electron chi connectivity index (χ0n) is 11.3. The first kappa shape index (κ1) is 12.5. The summed E-state index contributed by atoms with van der Waals surface area (Å²) in [6.45, 7) is 4.80. The summed E-state index contributed by atoms with van der Waals surface area (Å²) >= 11 is 1.81. The predicted octanol–water partition coefficient (Wildman–Crippen LogP) is 3.50. The number of anilines is 1. The molecule has 2 heterocycles. The van der Waals surface area contributed by atoms with Crippen LogP contribution in [0.4, 0.5) is 5.69 Å². The normalized spacial score (nSPS) is 29.9. The molecule has 2 nitrogen and oxygen atoms in total. The largest absolute Gasteiger partial charge is 0.369 e. The van der Waals surface area contributed by atoms with E-state index in [4.69, 9.17) is 0 Å². The lowest BCUT2D eigenvalue weighted by Crippen LogP contribution is -2.51. The van der Waals surface area contributed by atoms with Crippen LogP contribution in [0.2, 0.25) is 0 Å². The molecule has 1 aliphatic carbocycles. The van der Waals surface area contributed by atoms with Crippen molar-refractivity contribution in [1.29, 1.82) is 0 Å². The molecule has 3 rings (SSSR count). The molecular formula is C15H24N2S. The predicted molar refractivity (Wildman–Crippen MR) is 79.5 cm³/mol. The first-order valence-electron chi connectivity index (χ1n) is 7.34. The van der Waals surface area contributed by atoms with Crippen molar-refractivity contribution >= 4 is 17.0 Å². The summed E-state index contributed by atoms with van der Waals surface area (Å²) in [5, 5.41) is 8.37. The maximum absolute atomic E-state index is 3.90. The minimum absolute atomic E-state index is 0.691. The Bertz CT molecular complexity index is 357. The van der Waals surface area contributed by atoms with E-state index in [0.29, 0.717) is 6.04 Å². The van der Waals surface area contributed by atoms with Crippen LogP contribution in [-0.4, -0.2) is 25.2 Å². The number of piperidine rings is 1. The van der Waals surface area contributed by atoms with Gasteiger partial charge in [-0.05, 0) is 36.6 Å². The standard InChI is InChI=1S/C15H24N2S/c1-12-8-14(16-13-4-2-3-5-13)10-17(9-12)15-6-7-18-11-15/h6-7,11-14,16H,2-5,8-10H2,1H3. The molecule has 0 radical (unpaired) electrons. The molecule has 1 saturated heterocycles. The van der Waals surface area contributed by atoms with Gasteiger partial charge in [0.15, 0.2) is 0 Å². The van der Waals surface area contributed by atoms with Gasteiger partial charge in [0.2, 0.25) is 0 Å². The number of thiophene rings is 1. The monoisotopic (exact) mass is 264 g/mol. The van der Waals surface area contributed by atoms with Crippen LogP contribution in [0.15, 0.2) is 16.8 Å². The third-order valence-electron chi connectivity index (χ3n) is 4.36. The topological polar surface area (TPSA) is 15.3 Å². The summed E-state index contributed by atoms with van der Waals surface area (Å²) in [6, 6.07) is 3.75. The molecule has 0 spiro atoms. The zero-order chi connectivity index (χ0) is 12.4. The molecule has 0 aromatic carbocycles. The van der Waals surface area contributed by atoms with Gasteiger partial charge in [-0.15, -0.1) is 0 Å². The van der Waals surface area contributed by atoms with E-state index in [9.17, 15) is 0 Å². The lowest BCUT2D eigenvalue weighted by atomic mass is 9.95. The van der Waals surface area contributed by atoms with Crippen LogP contribution in [0.1, 0.15) is 39.0 Å². The minimum Gasteiger partial charge on any atom is -0.369 e. The Morgan fingerprint density at radius 3 is 2.78 bits per heavy atom. The van der Waals surface area contributed by atoms with Crippen molar-refractivity contribution < 1.29 is 0 Å². The SMILES string of the molecule is CC1CC(NC2CCCC2)CN(c2ccsc2)C1. The van der Waals surface area contributed by atoms with Gasteiger partial charge in [-0.25, -0.2) is 0 Å². The quantitative estimate of drug-likeness (QED) is 0.899. The van der Waals surface area contributed by atoms with Gasteiger partial charge in [0.1, 0.15) is 0 Å². The van der Waals surface area contributed by atoms with Crippen molar-refractivity contribution in [2.45, 2.75) is 51.1 Å². The molecule has 100 valence electrons. The molecule has 18 heavy (non-hydrogen) atoms. The second-order valence-electron chi connectivity index (χ2n) is 6.07. The van der Waals surface area contributed by atoms with Gasteiger partial charge in [-0.3, -0.25) is 0 Å². The number of hydrogen-bond acceptors (Lipinski definition) is 3. The Morgan fingerprint density at radius 2 is 2.06 bits per heavy atom. The Morgan fingerprint density at radius 1 is 1.22 bits per heavy atom. The van der Waals surface area contributed by atoms with Crippen LogP contribution in [0.25, 0.3) is 0 Å². The maximum Gasteiger partial charge on any atom is 0.0475 e. The number of nitrogens with zero attached hydrogens (tertiary/aromatic N) is 1. The summed E-state index contributed by atoms with van der Waals surface area (Å²) in [7, 11) is 0. The van der Waals surface area contributed by atoms with Crippen LogP contribution < -0.4 is 10.2 Å². The zero-order valence-corrected chi connectivity index (χ0v) is 12.1. The molecule has 0 amide bonds. The van der Waals surface area contributed by atoms with Gasteiger partial charge >= 0.3 is 0 Å². The molecule has 3 heteroatoms. The van der Waals surface area contributed by atoms with Gasteiger partial charge in [0.05, 0.1) is 0 Å². The van der Waals surface area contributed by atoms with Crippen molar-refractivity contribution in [2.24, 2.45) is 5.92 Å². The highest BCUT2D eigenvalue weighted by Crippen LogP contribution is 2.26. The van der Waals surface area contributed by atoms with Gasteiger partial charge in [-0.1, -0.05) is 19.8 Å². The average Bonchev–Trinajstić information content (AvgIpc) is 3.00. The Labute approximate surface area is 114 Å². The number of rotatable bonds is 3. The molecule has 1 aromatic rings. The summed E-state index contributed by atoms with van der Waals surface area (Å²) in [4.78, 5) is 2.57. The molecule has 1 aliphatic heterocycles. The van der Waals surface area contributed by atoms with E-state index in [1.807, 2.05) is 0 Å². The summed E-state index contributed by atoms with van der Waals surface area (Å²) in [6.07, 6.45) is 6.98. The van der Waals surface area contributed by atoms with Gasteiger partial charge in [-0.2, -0.15) is 11.3 Å². The second kappa shape index (κ2) is 5.62. The third kappa shape index (κ3) is 2.89. The van der Waals surface area contributed by atoms with Gasteiger partial charge < -0.3 is 10.2 Å². The second-order valence-corrected chi connectivity index (χ2v) is 6.85. The molecule has 0 bridgehead atoms. The van der Waals surface area contributed by atoms with E-state index in [-0.39, 0.29) is 0 Å². The molecule has 2 aliphatic rings. The fourth-order valence-electron chi connectivity index (χ4n) is 3.55. The highest BCUT2D eigenvalue weighted by atomic mass is 32.1. The maximum atomic E-state index is 3.90. The smallest absolute Gasteiger partial charge is 0.0475 e. The molecule has 1 N–H and O–H groups in total. The van der Waals surface area contributed by atoms with E-state index in [0.717, 1.165) is 12.0 Å². The lowest BCUT2D eigenvalue weighted by molar-refractivity contribution is 0.323. The van der Waals surface area contributed by atoms with Crippen molar-refractivity contribution in [3.8, 4) is 0 Å². The fraction of sp³-hybridized carbons (Fsp3) is 0.733.